The Kier molecular flexibility index (Phi) is 11.1. The number of hydrazone groups is 1. The van der Waals surface area contributed by atoms with E-state index in [1.54, 1.807) is 36.4 Å². The molecule has 0 bridgehead atoms. The number of methoxy groups -OCH3 is 1. The van der Waals surface area contributed by atoms with Gasteiger partial charge in [0.2, 0.25) is 0 Å². The summed E-state index contributed by atoms with van der Waals surface area (Å²) in [5, 5.41) is 6.51. The lowest BCUT2D eigenvalue weighted by Crippen LogP contribution is -2.21. The first-order chi connectivity index (χ1) is 20.9. The van der Waals surface area contributed by atoms with Gasteiger partial charge in [0.1, 0.15) is 12.4 Å². The van der Waals surface area contributed by atoms with Gasteiger partial charge in [-0.15, -0.1) is 0 Å². The molecule has 0 aliphatic carbocycles. The third kappa shape index (κ3) is 8.79. The highest BCUT2D eigenvalue weighted by Crippen LogP contribution is 2.36. The number of rotatable bonds is 13. The van der Waals surface area contributed by atoms with Crippen molar-refractivity contribution in [2.24, 2.45) is 5.10 Å². The van der Waals surface area contributed by atoms with Crippen molar-refractivity contribution in [3.05, 3.63) is 112 Å². The quantitative estimate of drug-likeness (QED) is 0.129. The van der Waals surface area contributed by atoms with Gasteiger partial charge in [-0.3, -0.25) is 9.59 Å². The average Bonchev–Trinajstić information content (AvgIpc) is 3.01. The summed E-state index contributed by atoms with van der Waals surface area (Å²) < 4.78 is 36.9. The van der Waals surface area contributed by atoms with E-state index in [1.165, 1.54) is 31.5 Å². The molecule has 2 amide bonds. The minimum Gasteiger partial charge on any atom is -0.493 e. The molecule has 0 saturated carbocycles. The zero-order chi connectivity index (χ0) is 30.6. The highest BCUT2D eigenvalue weighted by Gasteiger charge is 2.15. The van der Waals surface area contributed by atoms with Crippen molar-refractivity contribution < 1.29 is 32.9 Å². The fourth-order valence-corrected chi connectivity index (χ4v) is 4.42. The summed E-state index contributed by atoms with van der Waals surface area (Å²) in [6.45, 7) is 2.23. The topological polar surface area (TPSA) is 107 Å². The molecular weight excluding hydrogens is 621 g/mol. The summed E-state index contributed by atoms with van der Waals surface area (Å²) in [6, 6.07) is 23.8. The molecule has 0 aliphatic heterocycles. The summed E-state index contributed by atoms with van der Waals surface area (Å²) in [7, 11) is 1.44. The van der Waals surface area contributed by atoms with Gasteiger partial charge >= 0.3 is 0 Å². The van der Waals surface area contributed by atoms with Crippen molar-refractivity contribution >= 4 is 39.6 Å². The van der Waals surface area contributed by atoms with Crippen LogP contribution < -0.4 is 29.7 Å². The molecule has 0 radical (unpaired) electrons. The molecule has 9 nitrogen and oxygen atoms in total. The molecule has 4 rings (SSSR count). The number of para-hydroxylation sites is 1. The Balaban J connectivity index is 1.37. The summed E-state index contributed by atoms with van der Waals surface area (Å²) in [4.78, 5) is 25.1. The van der Waals surface area contributed by atoms with Crippen LogP contribution in [0, 0.1) is 5.82 Å². The molecule has 0 spiro atoms. The van der Waals surface area contributed by atoms with Crippen LogP contribution >= 0.6 is 15.9 Å². The Morgan fingerprint density at radius 1 is 0.907 bits per heavy atom. The van der Waals surface area contributed by atoms with Crippen molar-refractivity contribution in [3.8, 4) is 23.0 Å². The van der Waals surface area contributed by atoms with Gasteiger partial charge in [0.25, 0.3) is 11.8 Å². The molecule has 0 fully saturated rings. The highest BCUT2D eigenvalue weighted by molar-refractivity contribution is 9.10. The van der Waals surface area contributed by atoms with Crippen molar-refractivity contribution in [1.29, 1.82) is 0 Å². The minimum atomic E-state index is -0.551. The number of carbonyl (C=O) groups excluding carboxylic acids is 2. The Bertz CT molecular complexity index is 1600. The zero-order valence-corrected chi connectivity index (χ0v) is 25.0. The van der Waals surface area contributed by atoms with Crippen LogP contribution in [0.15, 0.2) is 94.5 Å². The van der Waals surface area contributed by atoms with Crippen LogP contribution in [0.4, 0.5) is 10.1 Å². The molecule has 4 aromatic rings. The second-order valence-electron chi connectivity index (χ2n) is 8.92. The molecule has 4 aromatic carbocycles. The molecule has 11 heteroatoms. The third-order valence-electron chi connectivity index (χ3n) is 5.87. The van der Waals surface area contributed by atoms with E-state index >= 15 is 0 Å². The number of nitrogens with zero attached hydrogens (tertiary/aromatic N) is 1. The smallest absolute Gasteiger partial charge is 0.271 e. The summed E-state index contributed by atoms with van der Waals surface area (Å²) in [5.74, 6) is 0.00889. The Labute approximate surface area is 256 Å². The van der Waals surface area contributed by atoms with Gasteiger partial charge in [-0.25, -0.2) is 9.82 Å². The first kappa shape index (κ1) is 31.0. The lowest BCUT2D eigenvalue weighted by molar-refractivity contribution is -0.118. The molecule has 0 saturated heterocycles. The monoisotopic (exact) mass is 649 g/mol. The molecule has 222 valence electrons. The zero-order valence-electron chi connectivity index (χ0n) is 23.4. The summed E-state index contributed by atoms with van der Waals surface area (Å²) in [6.07, 6.45) is 1.43. The van der Waals surface area contributed by atoms with Crippen molar-refractivity contribution in [1.82, 2.24) is 5.43 Å². The van der Waals surface area contributed by atoms with Gasteiger partial charge in [-0.2, -0.15) is 5.10 Å². The fourth-order valence-electron chi connectivity index (χ4n) is 3.84. The SMILES string of the molecule is CCOc1cc(C(=O)N/N=C/c2cc(Br)c(OCC(=O)Nc3ccccc3F)c(OC)c2)ccc1OCc1ccccc1. The van der Waals surface area contributed by atoms with Crippen LogP contribution in [0.5, 0.6) is 23.0 Å². The lowest BCUT2D eigenvalue weighted by Gasteiger charge is -2.14. The standard InChI is InChI=1S/C32H29BrFN3O6/c1-3-41-28-17-23(13-14-27(28)42-19-21-9-5-4-6-10-21)32(39)37-35-18-22-15-24(33)31(29(16-22)40-2)43-20-30(38)36-26-12-8-7-11-25(26)34/h4-18H,3,19-20H2,1-2H3,(H,36,38)(H,37,39)/b35-18+. The van der Waals surface area contributed by atoms with Gasteiger partial charge in [0.15, 0.2) is 29.6 Å². The van der Waals surface area contributed by atoms with Gasteiger partial charge in [-0.1, -0.05) is 42.5 Å². The molecule has 0 unspecified atom stereocenters. The van der Waals surface area contributed by atoms with Crippen LogP contribution in [0.2, 0.25) is 0 Å². The summed E-state index contributed by atoms with van der Waals surface area (Å²) >= 11 is 3.41. The predicted molar refractivity (Wildman–Crippen MR) is 165 cm³/mol. The van der Waals surface area contributed by atoms with Gasteiger partial charge in [-0.05, 0) is 76.4 Å². The lowest BCUT2D eigenvalue weighted by atomic mass is 10.2. The van der Waals surface area contributed by atoms with Crippen molar-refractivity contribution in [2.45, 2.75) is 13.5 Å². The van der Waals surface area contributed by atoms with Crippen LogP contribution in [-0.2, 0) is 11.4 Å². The van der Waals surface area contributed by atoms with Crippen molar-refractivity contribution in [3.63, 3.8) is 0 Å². The first-order valence-corrected chi connectivity index (χ1v) is 14.0. The van der Waals surface area contributed by atoms with Gasteiger partial charge in [0.05, 0.1) is 30.1 Å². The van der Waals surface area contributed by atoms with Crippen LogP contribution in [0.3, 0.4) is 0 Å². The Morgan fingerprint density at radius 2 is 1.67 bits per heavy atom. The largest absolute Gasteiger partial charge is 0.493 e. The number of carbonyl (C=O) groups is 2. The maximum absolute atomic E-state index is 13.8. The first-order valence-electron chi connectivity index (χ1n) is 13.2. The predicted octanol–water partition coefficient (Wildman–Crippen LogP) is 6.36. The van der Waals surface area contributed by atoms with Crippen LogP contribution in [-0.4, -0.2) is 38.4 Å². The van der Waals surface area contributed by atoms with E-state index in [-0.39, 0.29) is 18.0 Å². The Hall–Kier alpha value is -4.90. The van der Waals surface area contributed by atoms with Crippen LogP contribution in [0.25, 0.3) is 0 Å². The Morgan fingerprint density at radius 3 is 2.42 bits per heavy atom. The molecule has 0 aliphatic rings. The van der Waals surface area contributed by atoms with E-state index in [4.69, 9.17) is 18.9 Å². The van der Waals surface area contributed by atoms with Gasteiger partial charge < -0.3 is 24.3 Å². The second kappa shape index (κ2) is 15.4. The number of nitrogens with one attached hydrogen (secondary N) is 2. The van der Waals surface area contributed by atoms with E-state index in [9.17, 15) is 14.0 Å². The van der Waals surface area contributed by atoms with E-state index in [1.807, 2.05) is 37.3 Å². The molecular formula is C32H29BrFN3O6. The highest BCUT2D eigenvalue weighted by atomic mass is 79.9. The summed E-state index contributed by atoms with van der Waals surface area (Å²) in [5.41, 5.74) is 4.47. The average molecular weight is 651 g/mol. The number of halogens is 2. The third-order valence-corrected chi connectivity index (χ3v) is 6.46. The molecule has 0 atom stereocenters. The number of hydrogen-bond donors (Lipinski definition) is 2. The molecule has 43 heavy (non-hydrogen) atoms. The van der Waals surface area contributed by atoms with Crippen molar-refractivity contribution in [2.75, 3.05) is 25.6 Å². The van der Waals surface area contributed by atoms with Gasteiger partial charge in [0, 0.05) is 5.56 Å². The maximum Gasteiger partial charge on any atom is 0.271 e. The van der Waals surface area contributed by atoms with E-state index in [0.717, 1.165) is 5.56 Å². The normalized spacial score (nSPS) is 10.7. The van der Waals surface area contributed by atoms with Crippen LogP contribution in [0.1, 0.15) is 28.4 Å². The molecule has 2 N–H and O–H groups in total. The van der Waals surface area contributed by atoms with E-state index in [2.05, 4.69) is 31.8 Å². The second-order valence-corrected chi connectivity index (χ2v) is 9.77. The fraction of sp³-hybridized carbons (Fsp3) is 0.156. The minimum absolute atomic E-state index is 0.0529. The maximum atomic E-state index is 13.8. The number of hydrogen-bond acceptors (Lipinski definition) is 7. The number of anilines is 1. The number of amides is 2. The van der Waals surface area contributed by atoms with E-state index in [0.29, 0.717) is 46.1 Å². The number of benzene rings is 4. The molecule has 0 heterocycles. The number of ether oxygens (including phenoxy) is 4. The van der Waals surface area contributed by atoms with E-state index < -0.39 is 17.6 Å². The molecule has 0 aromatic heterocycles.